The van der Waals surface area contributed by atoms with Crippen LogP contribution in [0.15, 0.2) is 48.5 Å². The minimum Gasteiger partial charge on any atom is -0.478 e. The smallest absolute Gasteiger partial charge is 0.335 e. The fourth-order valence-corrected chi connectivity index (χ4v) is 2.76. The second-order valence-electron chi connectivity index (χ2n) is 8.24. The molecule has 1 N–H and O–H groups in total. The molecule has 0 spiro atoms. The van der Waals surface area contributed by atoms with Gasteiger partial charge in [0.2, 0.25) is 0 Å². The first kappa shape index (κ1) is 27.2. The number of benzene rings is 2. The van der Waals surface area contributed by atoms with Crippen LogP contribution in [0.1, 0.15) is 54.8 Å². The van der Waals surface area contributed by atoms with Crippen molar-refractivity contribution in [3.63, 3.8) is 0 Å². The Morgan fingerprint density at radius 1 is 0.818 bits per heavy atom. The van der Waals surface area contributed by atoms with Crippen molar-refractivity contribution in [3.05, 3.63) is 79.9 Å². The number of rotatable bonds is 9. The molecule has 0 heterocycles. The molecule has 0 aliphatic rings. The molecule has 33 heavy (non-hydrogen) atoms. The number of carbonyl (C=O) groups is 2. The van der Waals surface area contributed by atoms with E-state index in [-0.39, 0.29) is 22.8 Å². The highest BCUT2D eigenvalue weighted by atomic mass is 16.6. The first-order valence-corrected chi connectivity index (χ1v) is 10.4. The van der Waals surface area contributed by atoms with Gasteiger partial charge in [-0.05, 0) is 42.5 Å². The van der Waals surface area contributed by atoms with E-state index in [9.17, 15) is 29.8 Å². The molecule has 2 aromatic carbocycles. The van der Waals surface area contributed by atoms with Crippen LogP contribution in [0.5, 0.6) is 0 Å². The Kier molecular flexibility index (Phi) is 10.6. The molecule has 0 aromatic heterocycles. The number of carbonyl (C=O) groups excluding carboxylic acids is 1. The molecule has 0 saturated heterocycles. The van der Waals surface area contributed by atoms with E-state index in [2.05, 4.69) is 27.7 Å². The lowest BCUT2D eigenvalue weighted by atomic mass is 10.1. The number of aromatic carboxylic acids is 1. The predicted molar refractivity (Wildman–Crippen MR) is 123 cm³/mol. The molecule has 178 valence electrons. The van der Waals surface area contributed by atoms with E-state index < -0.39 is 15.8 Å². The van der Waals surface area contributed by atoms with E-state index in [1.807, 2.05) is 4.90 Å². The van der Waals surface area contributed by atoms with Crippen molar-refractivity contribution >= 4 is 23.3 Å². The van der Waals surface area contributed by atoms with Gasteiger partial charge < -0.3 is 10.0 Å². The average molecular weight is 459 g/mol. The summed E-state index contributed by atoms with van der Waals surface area (Å²) in [5.74, 6) is -0.229. The normalized spacial score (nSPS) is 10.4. The van der Waals surface area contributed by atoms with Gasteiger partial charge in [0.1, 0.15) is 0 Å². The summed E-state index contributed by atoms with van der Waals surface area (Å²) in [5.41, 5.74) is 0.440. The van der Waals surface area contributed by atoms with Crippen LogP contribution in [0.4, 0.5) is 11.4 Å². The summed E-state index contributed by atoms with van der Waals surface area (Å²) >= 11 is 0. The zero-order valence-electron chi connectivity index (χ0n) is 19.1. The van der Waals surface area contributed by atoms with E-state index >= 15 is 0 Å². The highest BCUT2D eigenvalue weighted by molar-refractivity contribution is 5.94. The molecule has 0 fully saturated rings. The molecule has 0 atom stereocenters. The van der Waals surface area contributed by atoms with Crippen LogP contribution >= 0.6 is 0 Å². The van der Waals surface area contributed by atoms with E-state index in [4.69, 9.17) is 5.11 Å². The van der Waals surface area contributed by atoms with Crippen LogP contribution in [0.3, 0.4) is 0 Å². The summed E-state index contributed by atoms with van der Waals surface area (Å²) < 4.78 is 0. The molecular weight excluding hydrogens is 430 g/mol. The van der Waals surface area contributed by atoms with Crippen molar-refractivity contribution in [3.8, 4) is 0 Å². The number of nitro groups is 2. The average Bonchev–Trinajstić information content (AvgIpc) is 2.76. The highest BCUT2D eigenvalue weighted by Crippen LogP contribution is 2.15. The van der Waals surface area contributed by atoms with Gasteiger partial charge in [-0.1, -0.05) is 27.7 Å². The zero-order chi connectivity index (χ0) is 25.1. The zero-order valence-corrected chi connectivity index (χ0v) is 19.1. The Balaban J connectivity index is 0.000000383. The van der Waals surface area contributed by atoms with E-state index in [0.717, 1.165) is 18.6 Å². The minimum absolute atomic E-state index is 0.00383. The number of hydrogen-bond donors (Lipinski definition) is 1. The molecule has 1 amide bonds. The van der Waals surface area contributed by atoms with Crippen LogP contribution in [-0.4, -0.2) is 44.8 Å². The molecule has 0 aliphatic carbocycles. The van der Waals surface area contributed by atoms with Gasteiger partial charge in [-0.25, -0.2) is 4.79 Å². The van der Waals surface area contributed by atoms with Crippen LogP contribution in [0.25, 0.3) is 0 Å². The number of nitro benzene ring substituents is 2. The summed E-state index contributed by atoms with van der Waals surface area (Å²) in [5, 5.41) is 29.2. The summed E-state index contributed by atoms with van der Waals surface area (Å²) in [6.45, 7) is 9.82. The number of amides is 1. The van der Waals surface area contributed by atoms with Gasteiger partial charge in [-0.3, -0.25) is 25.0 Å². The summed E-state index contributed by atoms with van der Waals surface area (Å²) in [7, 11) is 0. The quantitative estimate of drug-likeness (QED) is 0.409. The summed E-state index contributed by atoms with van der Waals surface area (Å²) in [4.78, 5) is 44.4. The number of non-ortho nitro benzene ring substituents is 2. The highest BCUT2D eigenvalue weighted by Gasteiger charge is 2.18. The van der Waals surface area contributed by atoms with Gasteiger partial charge in [-0.15, -0.1) is 0 Å². The van der Waals surface area contributed by atoms with Gasteiger partial charge in [-0.2, -0.15) is 0 Å². The lowest BCUT2D eigenvalue weighted by Crippen LogP contribution is -2.35. The molecule has 0 saturated carbocycles. The van der Waals surface area contributed by atoms with Crippen molar-refractivity contribution in [2.24, 2.45) is 11.8 Å². The maximum Gasteiger partial charge on any atom is 0.335 e. The molecule has 2 rings (SSSR count). The van der Waals surface area contributed by atoms with Gasteiger partial charge >= 0.3 is 5.97 Å². The summed E-state index contributed by atoms with van der Waals surface area (Å²) in [6.07, 6.45) is 0.950. The molecular formula is C23H29N3O7. The fourth-order valence-electron chi connectivity index (χ4n) is 2.76. The van der Waals surface area contributed by atoms with E-state index in [1.165, 1.54) is 36.4 Å². The molecule has 10 nitrogen and oxygen atoms in total. The Hall–Kier alpha value is -3.82. The topological polar surface area (TPSA) is 144 Å². The third-order valence-electron chi connectivity index (χ3n) is 4.50. The van der Waals surface area contributed by atoms with Crippen molar-refractivity contribution in [1.29, 1.82) is 0 Å². The van der Waals surface area contributed by atoms with Crippen LogP contribution in [-0.2, 0) is 0 Å². The molecule has 0 unspecified atom stereocenters. The second kappa shape index (κ2) is 12.9. The van der Waals surface area contributed by atoms with Gasteiger partial charge in [0, 0.05) is 42.9 Å². The summed E-state index contributed by atoms with van der Waals surface area (Å²) in [6, 6.07) is 10.5. The van der Waals surface area contributed by atoms with Crippen molar-refractivity contribution in [1.82, 2.24) is 4.90 Å². The lowest BCUT2D eigenvalue weighted by molar-refractivity contribution is -0.385. The lowest BCUT2D eigenvalue weighted by Gasteiger charge is -2.25. The maximum atomic E-state index is 12.5. The van der Waals surface area contributed by atoms with Gasteiger partial charge in [0.25, 0.3) is 17.3 Å². The van der Waals surface area contributed by atoms with E-state index in [1.54, 1.807) is 0 Å². The third-order valence-corrected chi connectivity index (χ3v) is 4.50. The number of nitrogens with zero attached hydrogens (tertiary/aromatic N) is 3. The first-order valence-electron chi connectivity index (χ1n) is 10.4. The van der Waals surface area contributed by atoms with Crippen molar-refractivity contribution in [2.75, 3.05) is 13.1 Å². The predicted octanol–water partition coefficient (Wildman–Crippen LogP) is 5.03. The molecule has 2 aromatic rings. The van der Waals surface area contributed by atoms with Crippen LogP contribution in [0.2, 0.25) is 0 Å². The van der Waals surface area contributed by atoms with Gasteiger partial charge in [0.15, 0.2) is 0 Å². The molecule has 0 radical (unpaired) electrons. The molecule has 0 bridgehead atoms. The first-order chi connectivity index (χ1) is 15.4. The SMILES string of the molecule is CC(C)CCN(CC(C)C)C(=O)c1ccc([N+](=O)[O-])cc1.O=C(O)c1ccc([N+](=O)[O-])cc1. The maximum absolute atomic E-state index is 12.5. The third kappa shape index (κ3) is 9.46. The van der Waals surface area contributed by atoms with E-state index in [0.29, 0.717) is 30.5 Å². The van der Waals surface area contributed by atoms with Crippen molar-refractivity contribution < 1.29 is 24.5 Å². The number of carboxylic acid groups (broad SMARTS) is 1. The number of carboxylic acids is 1. The Morgan fingerprint density at radius 3 is 1.58 bits per heavy atom. The Labute approximate surface area is 192 Å². The largest absolute Gasteiger partial charge is 0.478 e. The van der Waals surface area contributed by atoms with Crippen LogP contribution < -0.4 is 0 Å². The molecule has 0 aliphatic heterocycles. The van der Waals surface area contributed by atoms with Crippen molar-refractivity contribution in [2.45, 2.75) is 34.1 Å². The standard InChI is InChI=1S/C16H24N2O3.C7H5NO4/c1-12(2)9-10-17(11-13(3)4)16(19)14-5-7-15(8-6-14)18(20)21;9-7(10)5-1-3-6(4-2-5)8(11)12/h5-8,12-13H,9-11H2,1-4H3;1-4H,(H,9,10). The second-order valence-corrected chi connectivity index (χ2v) is 8.24. The van der Waals surface area contributed by atoms with Crippen LogP contribution in [0, 0.1) is 32.1 Å². The minimum atomic E-state index is -1.09. The molecule has 10 heteroatoms. The number of hydrogen-bond acceptors (Lipinski definition) is 6. The monoisotopic (exact) mass is 459 g/mol. The van der Waals surface area contributed by atoms with Gasteiger partial charge in [0.05, 0.1) is 15.4 Å². The fraction of sp³-hybridized carbons (Fsp3) is 0.391. The Morgan fingerprint density at radius 2 is 1.24 bits per heavy atom. The Bertz CT molecular complexity index is 922.